The Labute approximate surface area is 325 Å². The molecule has 1 atom stereocenters. The van der Waals surface area contributed by atoms with E-state index in [1.807, 2.05) is 65.8 Å². The van der Waals surface area contributed by atoms with Gasteiger partial charge in [0.15, 0.2) is 6.10 Å². The molecule has 290 valence electrons. The lowest BCUT2D eigenvalue weighted by molar-refractivity contribution is -0.139. The number of fused-ring (bicyclic) bond motifs is 2. The van der Waals surface area contributed by atoms with Crippen molar-refractivity contribution in [1.82, 2.24) is 30.1 Å². The second-order valence-electron chi connectivity index (χ2n) is 15.1. The van der Waals surface area contributed by atoms with Gasteiger partial charge in [-0.15, -0.1) is 0 Å². The van der Waals surface area contributed by atoms with Crippen molar-refractivity contribution in [3.63, 3.8) is 0 Å². The highest BCUT2D eigenvalue weighted by atomic mass is 16.5. The van der Waals surface area contributed by atoms with Crippen molar-refractivity contribution in [2.45, 2.75) is 51.3 Å². The SMILES string of the molecule is Cc1c(N2CCc3cnc(Nc4ccc(CC(=O)N5CC(N6CCN(c7ccc(OC8CCC(=O)NC8=O)cc7)CC6)C5)cc4)nc3C2)cnc2c1NCCO2. The van der Waals surface area contributed by atoms with E-state index < -0.39 is 6.10 Å². The van der Waals surface area contributed by atoms with Crippen LogP contribution in [0.3, 0.4) is 0 Å². The first-order chi connectivity index (χ1) is 27.3. The summed E-state index contributed by atoms with van der Waals surface area (Å²) < 4.78 is 11.5. The molecule has 7 heterocycles. The number of benzene rings is 2. The van der Waals surface area contributed by atoms with Crippen LogP contribution in [0.1, 0.15) is 35.2 Å². The van der Waals surface area contributed by atoms with E-state index in [9.17, 15) is 14.4 Å². The molecule has 3 amide bonds. The van der Waals surface area contributed by atoms with E-state index in [-0.39, 0.29) is 24.1 Å². The summed E-state index contributed by atoms with van der Waals surface area (Å²) in [5.41, 5.74) is 8.30. The van der Waals surface area contributed by atoms with Gasteiger partial charge in [-0.1, -0.05) is 12.1 Å². The third kappa shape index (κ3) is 7.50. The van der Waals surface area contributed by atoms with Gasteiger partial charge in [0, 0.05) is 94.4 Å². The number of aromatic nitrogens is 3. The van der Waals surface area contributed by atoms with Crippen LogP contribution in [0.4, 0.5) is 28.7 Å². The summed E-state index contributed by atoms with van der Waals surface area (Å²) in [6.07, 6.45) is 5.09. The molecule has 15 nitrogen and oxygen atoms in total. The van der Waals surface area contributed by atoms with E-state index in [2.05, 4.69) is 47.5 Å². The van der Waals surface area contributed by atoms with E-state index in [0.717, 1.165) is 104 Å². The van der Waals surface area contributed by atoms with E-state index in [4.69, 9.17) is 14.5 Å². The zero-order chi connectivity index (χ0) is 38.2. The number of anilines is 5. The Kier molecular flexibility index (Phi) is 9.75. The van der Waals surface area contributed by atoms with Gasteiger partial charge in [-0.25, -0.2) is 15.0 Å². The Bertz CT molecular complexity index is 2120. The number of nitrogens with one attached hydrogen (secondary N) is 3. The zero-order valence-corrected chi connectivity index (χ0v) is 31.5. The number of carbonyl (C=O) groups excluding carboxylic acids is 3. The van der Waals surface area contributed by atoms with Gasteiger partial charge in [0.05, 0.1) is 30.5 Å². The summed E-state index contributed by atoms with van der Waals surface area (Å²) in [6.45, 7) is 10.2. The number of hydrogen-bond donors (Lipinski definition) is 3. The Balaban J connectivity index is 0.720. The summed E-state index contributed by atoms with van der Waals surface area (Å²) in [4.78, 5) is 59.8. The number of rotatable bonds is 9. The number of imide groups is 1. The maximum Gasteiger partial charge on any atom is 0.267 e. The predicted molar refractivity (Wildman–Crippen MR) is 211 cm³/mol. The molecule has 0 spiro atoms. The zero-order valence-electron chi connectivity index (χ0n) is 31.5. The van der Waals surface area contributed by atoms with E-state index in [1.165, 1.54) is 0 Å². The average molecular weight is 759 g/mol. The van der Waals surface area contributed by atoms with Crippen molar-refractivity contribution in [2.24, 2.45) is 0 Å². The quantitative estimate of drug-likeness (QED) is 0.214. The van der Waals surface area contributed by atoms with Crippen LogP contribution in [-0.2, 0) is 33.8 Å². The maximum absolute atomic E-state index is 13.2. The molecule has 0 radical (unpaired) electrons. The largest absolute Gasteiger partial charge is 0.481 e. The molecule has 2 aromatic heterocycles. The molecule has 0 saturated carbocycles. The first-order valence-corrected chi connectivity index (χ1v) is 19.5. The monoisotopic (exact) mass is 758 g/mol. The van der Waals surface area contributed by atoms with Crippen molar-refractivity contribution in [3.8, 4) is 11.6 Å². The van der Waals surface area contributed by atoms with Gasteiger partial charge in [0.25, 0.3) is 5.91 Å². The highest BCUT2D eigenvalue weighted by Gasteiger charge is 2.36. The number of carbonyl (C=O) groups is 3. The van der Waals surface area contributed by atoms with E-state index >= 15 is 0 Å². The third-order valence-electron chi connectivity index (χ3n) is 11.5. The molecule has 3 saturated heterocycles. The summed E-state index contributed by atoms with van der Waals surface area (Å²) in [5.74, 6) is 1.35. The lowest BCUT2D eigenvalue weighted by Gasteiger charge is -2.48. The standard InChI is InChI=1S/C41H46N10O5/c1-26-34(22-43-40-38(26)42-13-19-55-40)50-14-12-28-21-44-41(46-33(28)25-50)45-29-4-2-27(3-5-29)20-37(53)51-23-31(24-51)49-17-15-48(16-18-49)30-6-8-32(9-7-30)56-35-10-11-36(52)47-39(35)54/h2-9,21-22,31,35,42H,10-20,23-25H2,1H3,(H,44,45,46)(H,47,52,54). The summed E-state index contributed by atoms with van der Waals surface area (Å²) in [5, 5.41) is 9.11. The van der Waals surface area contributed by atoms with Crippen LogP contribution in [0.2, 0.25) is 0 Å². The lowest BCUT2D eigenvalue weighted by atomic mass is 10.0. The predicted octanol–water partition coefficient (Wildman–Crippen LogP) is 3.05. The second-order valence-corrected chi connectivity index (χ2v) is 15.1. The first-order valence-electron chi connectivity index (χ1n) is 19.5. The minimum atomic E-state index is -0.641. The fourth-order valence-electron chi connectivity index (χ4n) is 8.14. The molecule has 9 rings (SSSR count). The smallest absolute Gasteiger partial charge is 0.267 e. The van der Waals surface area contributed by atoms with Gasteiger partial charge in [0.1, 0.15) is 18.0 Å². The van der Waals surface area contributed by atoms with Crippen LogP contribution in [0, 0.1) is 6.92 Å². The molecule has 3 N–H and O–H groups in total. The molecule has 56 heavy (non-hydrogen) atoms. The molecule has 5 aliphatic rings. The van der Waals surface area contributed by atoms with Crippen LogP contribution in [0.5, 0.6) is 11.6 Å². The Hall–Kier alpha value is -5.96. The number of pyridine rings is 1. The van der Waals surface area contributed by atoms with Gasteiger partial charge >= 0.3 is 0 Å². The summed E-state index contributed by atoms with van der Waals surface area (Å²) in [7, 11) is 0. The maximum atomic E-state index is 13.2. The van der Waals surface area contributed by atoms with E-state index in [1.54, 1.807) is 0 Å². The molecule has 0 bridgehead atoms. The number of hydrogen-bond acceptors (Lipinski definition) is 13. The highest BCUT2D eigenvalue weighted by Crippen LogP contribution is 2.36. The highest BCUT2D eigenvalue weighted by molar-refractivity contribution is 5.99. The van der Waals surface area contributed by atoms with Crippen LogP contribution in [-0.4, -0.2) is 114 Å². The van der Waals surface area contributed by atoms with Crippen molar-refractivity contribution in [2.75, 3.05) is 79.4 Å². The van der Waals surface area contributed by atoms with Crippen LogP contribution in [0.25, 0.3) is 0 Å². The molecule has 1 unspecified atom stereocenters. The van der Waals surface area contributed by atoms with Crippen molar-refractivity contribution in [3.05, 3.63) is 83.3 Å². The van der Waals surface area contributed by atoms with Crippen LogP contribution < -0.4 is 35.2 Å². The van der Waals surface area contributed by atoms with Crippen LogP contribution in [0.15, 0.2) is 60.9 Å². The Morgan fingerprint density at radius 2 is 1.75 bits per heavy atom. The average Bonchev–Trinajstić information content (AvgIpc) is 3.20. The van der Waals surface area contributed by atoms with Gasteiger partial charge < -0.3 is 34.8 Å². The molecule has 5 aliphatic heterocycles. The van der Waals surface area contributed by atoms with Gasteiger partial charge in [-0.05, 0) is 60.9 Å². The van der Waals surface area contributed by atoms with Gasteiger partial charge in [-0.3, -0.25) is 24.6 Å². The molecular formula is C41H46N10O5. The van der Waals surface area contributed by atoms with Crippen molar-refractivity contribution >= 4 is 46.4 Å². The first kappa shape index (κ1) is 35.7. The molecular weight excluding hydrogens is 713 g/mol. The van der Waals surface area contributed by atoms with Crippen molar-refractivity contribution in [1.29, 1.82) is 0 Å². The minimum absolute atomic E-state index is 0.149. The number of piperazine rings is 1. The number of amides is 3. The summed E-state index contributed by atoms with van der Waals surface area (Å²) in [6, 6.07) is 16.1. The molecule has 0 aliphatic carbocycles. The summed E-state index contributed by atoms with van der Waals surface area (Å²) >= 11 is 0. The van der Waals surface area contributed by atoms with Crippen molar-refractivity contribution < 1.29 is 23.9 Å². The fraction of sp³-hybridized carbons (Fsp3) is 0.415. The third-order valence-corrected chi connectivity index (χ3v) is 11.5. The molecule has 15 heteroatoms. The van der Waals surface area contributed by atoms with Gasteiger partial charge in [0.2, 0.25) is 23.6 Å². The number of nitrogens with zero attached hydrogens (tertiary/aromatic N) is 7. The lowest BCUT2D eigenvalue weighted by Crippen LogP contribution is -2.64. The topological polar surface area (TPSA) is 157 Å². The van der Waals surface area contributed by atoms with E-state index in [0.29, 0.717) is 49.6 Å². The normalized spacial score (nSPS) is 19.9. The molecule has 3 fully saturated rings. The number of ether oxygens (including phenoxy) is 2. The Morgan fingerprint density at radius 1 is 0.946 bits per heavy atom. The number of likely N-dealkylation sites (tertiary alicyclic amines) is 1. The van der Waals surface area contributed by atoms with Crippen LogP contribution >= 0.6 is 0 Å². The minimum Gasteiger partial charge on any atom is -0.481 e. The van der Waals surface area contributed by atoms with Gasteiger partial charge in [-0.2, -0.15) is 0 Å². The molecule has 4 aromatic rings. The number of piperidine rings is 1. The fourth-order valence-corrected chi connectivity index (χ4v) is 8.14. The molecule has 2 aromatic carbocycles. The Morgan fingerprint density at radius 3 is 2.54 bits per heavy atom. The second kappa shape index (κ2) is 15.3.